The van der Waals surface area contributed by atoms with Crippen molar-refractivity contribution in [2.24, 2.45) is 0 Å². The molecule has 6 nitrogen and oxygen atoms in total. The number of aryl methyl sites for hydroxylation is 1. The Kier molecular flexibility index (Phi) is 8.27. The molecule has 0 heterocycles. The van der Waals surface area contributed by atoms with Gasteiger partial charge in [-0.25, -0.2) is 4.39 Å². The molecule has 3 rings (SSSR count). The Hall–Kier alpha value is -3.58. The Balaban J connectivity index is 1.92. The van der Waals surface area contributed by atoms with Crippen molar-refractivity contribution >= 4 is 5.91 Å². The molecule has 0 saturated heterocycles. The number of carbonyl (C=O) groups is 1. The second-order valence-corrected chi connectivity index (χ2v) is 7.61. The maximum absolute atomic E-state index is 14.1. The molecule has 3 aromatic rings. The van der Waals surface area contributed by atoms with Crippen LogP contribution in [0.15, 0.2) is 66.7 Å². The van der Waals surface area contributed by atoms with Crippen LogP contribution in [-0.2, 0) is 11.2 Å². The summed E-state index contributed by atoms with van der Waals surface area (Å²) >= 11 is 0. The van der Waals surface area contributed by atoms with Crippen molar-refractivity contribution in [1.82, 2.24) is 10.6 Å². The van der Waals surface area contributed by atoms with Gasteiger partial charge in [-0.1, -0.05) is 36.4 Å². The second kappa shape index (κ2) is 11.3. The largest absolute Gasteiger partial charge is 0.508 e. The number of phenols is 1. The topological polar surface area (TPSA) is 79.8 Å². The zero-order valence-corrected chi connectivity index (χ0v) is 19.0. The number of carbonyl (C=O) groups excluding carboxylic acids is 1. The molecule has 0 aliphatic rings. The van der Waals surface area contributed by atoms with Crippen LogP contribution in [0.1, 0.15) is 35.2 Å². The summed E-state index contributed by atoms with van der Waals surface area (Å²) in [6.45, 7) is 0. The Morgan fingerprint density at radius 2 is 1.73 bits per heavy atom. The lowest BCUT2D eigenvalue weighted by Crippen LogP contribution is -2.38. The molecule has 0 aromatic heterocycles. The highest BCUT2D eigenvalue weighted by Gasteiger charge is 2.26. The molecule has 0 spiro atoms. The van der Waals surface area contributed by atoms with Gasteiger partial charge in [-0.3, -0.25) is 10.1 Å². The van der Waals surface area contributed by atoms with Crippen LogP contribution in [-0.4, -0.2) is 32.3 Å². The van der Waals surface area contributed by atoms with Crippen molar-refractivity contribution in [1.29, 1.82) is 0 Å². The molecule has 7 heteroatoms. The summed E-state index contributed by atoms with van der Waals surface area (Å²) in [6, 6.07) is 17.6. The van der Waals surface area contributed by atoms with Gasteiger partial charge in [0.25, 0.3) is 0 Å². The molecular weight excluding hydrogens is 423 g/mol. The molecule has 3 aromatic carbocycles. The van der Waals surface area contributed by atoms with Gasteiger partial charge in [0.15, 0.2) is 11.5 Å². The quantitative estimate of drug-likeness (QED) is 0.428. The van der Waals surface area contributed by atoms with E-state index in [1.165, 1.54) is 18.2 Å². The number of aromatic hydroxyl groups is 1. The number of likely N-dealkylation sites (N-methyl/N-ethyl adjacent to an activating group) is 1. The van der Waals surface area contributed by atoms with Gasteiger partial charge >= 0.3 is 0 Å². The third-order valence-electron chi connectivity index (χ3n) is 5.54. The van der Waals surface area contributed by atoms with E-state index in [2.05, 4.69) is 10.6 Å². The van der Waals surface area contributed by atoms with Crippen LogP contribution >= 0.6 is 0 Å². The highest BCUT2D eigenvalue weighted by molar-refractivity contribution is 5.83. The summed E-state index contributed by atoms with van der Waals surface area (Å²) in [5, 5.41) is 16.5. The average Bonchev–Trinajstić information content (AvgIpc) is 2.85. The maximum Gasteiger partial charge on any atom is 0.241 e. The van der Waals surface area contributed by atoms with Gasteiger partial charge in [-0.2, -0.15) is 0 Å². The first-order valence-corrected chi connectivity index (χ1v) is 10.7. The van der Waals surface area contributed by atoms with Crippen molar-refractivity contribution in [2.75, 3.05) is 21.3 Å². The lowest BCUT2D eigenvalue weighted by Gasteiger charge is -2.26. The van der Waals surface area contributed by atoms with Crippen molar-refractivity contribution < 1.29 is 23.8 Å². The fraction of sp³-hybridized carbons (Fsp3) is 0.269. The Morgan fingerprint density at radius 1 is 1.00 bits per heavy atom. The monoisotopic (exact) mass is 452 g/mol. The summed E-state index contributed by atoms with van der Waals surface area (Å²) < 4.78 is 24.8. The third kappa shape index (κ3) is 6.02. The minimum atomic E-state index is -0.686. The Labute approximate surface area is 193 Å². The molecule has 0 radical (unpaired) electrons. The fourth-order valence-corrected chi connectivity index (χ4v) is 3.79. The van der Waals surface area contributed by atoms with Crippen LogP contribution in [0.25, 0.3) is 0 Å². The number of nitrogens with one attached hydrogen (secondary N) is 2. The zero-order valence-electron chi connectivity index (χ0n) is 19.0. The van der Waals surface area contributed by atoms with E-state index in [0.29, 0.717) is 29.9 Å². The van der Waals surface area contributed by atoms with E-state index in [9.17, 15) is 14.3 Å². The first-order valence-electron chi connectivity index (χ1n) is 10.7. The van der Waals surface area contributed by atoms with Gasteiger partial charge in [0.1, 0.15) is 17.6 Å². The number of methoxy groups -OCH3 is 2. The number of amides is 1. The zero-order chi connectivity index (χ0) is 23.8. The van der Waals surface area contributed by atoms with Crippen LogP contribution < -0.4 is 20.1 Å². The average molecular weight is 453 g/mol. The number of hydrogen-bond donors (Lipinski definition) is 3. The molecule has 1 amide bonds. The van der Waals surface area contributed by atoms with E-state index < -0.39 is 17.9 Å². The van der Waals surface area contributed by atoms with E-state index in [4.69, 9.17) is 9.47 Å². The summed E-state index contributed by atoms with van der Waals surface area (Å²) in [4.78, 5) is 12.7. The maximum atomic E-state index is 14.1. The Bertz CT molecular complexity index is 1080. The van der Waals surface area contributed by atoms with Crippen LogP contribution in [0.4, 0.5) is 4.39 Å². The molecule has 2 atom stereocenters. The van der Waals surface area contributed by atoms with Crippen molar-refractivity contribution in [3.05, 3.63) is 89.2 Å². The summed E-state index contributed by atoms with van der Waals surface area (Å²) in [5.41, 5.74) is 2.13. The smallest absolute Gasteiger partial charge is 0.241 e. The predicted octanol–water partition coefficient (Wildman–Crippen LogP) is 4.30. The summed E-state index contributed by atoms with van der Waals surface area (Å²) in [7, 11) is 4.72. The van der Waals surface area contributed by atoms with Crippen LogP contribution in [0.2, 0.25) is 0 Å². The van der Waals surface area contributed by atoms with Crippen molar-refractivity contribution in [2.45, 2.75) is 24.9 Å². The lowest BCUT2D eigenvalue weighted by atomic mass is 9.95. The SMILES string of the molecule is CNC(=O)[C@H](NC(CCc1ccc(OC)c(OC)c1)c1cc(F)ccc1O)c1ccccc1. The van der Waals surface area contributed by atoms with E-state index in [-0.39, 0.29) is 11.7 Å². The van der Waals surface area contributed by atoms with Gasteiger partial charge in [-0.05, 0) is 54.3 Å². The van der Waals surface area contributed by atoms with E-state index in [1.807, 2.05) is 48.5 Å². The standard InChI is InChI=1S/C26H29FN2O4/c1-28-26(31)25(18-7-5-4-6-8-18)29-21(20-16-19(27)11-13-22(20)30)12-9-17-10-14-23(32-2)24(15-17)33-3/h4-8,10-11,13-16,21,25,29-30H,9,12H2,1-3H3,(H,28,31)/t21?,25-/m1/s1. The normalized spacial score (nSPS) is 12.6. The molecule has 3 N–H and O–H groups in total. The molecule has 0 aliphatic carbocycles. The van der Waals surface area contributed by atoms with Crippen molar-refractivity contribution in [3.8, 4) is 17.2 Å². The van der Waals surface area contributed by atoms with Crippen molar-refractivity contribution in [3.63, 3.8) is 0 Å². The minimum absolute atomic E-state index is 0.0371. The highest BCUT2D eigenvalue weighted by atomic mass is 19.1. The molecule has 0 fully saturated rings. The molecule has 174 valence electrons. The van der Waals surface area contributed by atoms with E-state index >= 15 is 0 Å². The van der Waals surface area contributed by atoms with Gasteiger partial charge in [0.2, 0.25) is 5.91 Å². The molecule has 0 aliphatic heterocycles. The summed E-state index contributed by atoms with van der Waals surface area (Å²) in [5.74, 6) is 0.512. The highest BCUT2D eigenvalue weighted by Crippen LogP contribution is 2.33. The van der Waals surface area contributed by atoms with E-state index in [1.54, 1.807) is 21.3 Å². The number of halogens is 1. The van der Waals surface area contributed by atoms with Gasteiger partial charge in [0.05, 0.1) is 14.2 Å². The molecular formula is C26H29FN2O4. The predicted molar refractivity (Wildman–Crippen MR) is 125 cm³/mol. The first kappa shape index (κ1) is 24.1. The number of hydrogen-bond acceptors (Lipinski definition) is 5. The van der Waals surface area contributed by atoms with E-state index in [0.717, 1.165) is 11.1 Å². The van der Waals surface area contributed by atoms with Crippen LogP contribution in [0, 0.1) is 5.82 Å². The van der Waals surface area contributed by atoms with Gasteiger partial charge in [-0.15, -0.1) is 0 Å². The second-order valence-electron chi connectivity index (χ2n) is 7.61. The summed E-state index contributed by atoms with van der Waals surface area (Å²) in [6.07, 6.45) is 1.08. The first-order chi connectivity index (χ1) is 16.0. The van der Waals surface area contributed by atoms with Gasteiger partial charge < -0.3 is 19.9 Å². The Morgan fingerprint density at radius 3 is 2.39 bits per heavy atom. The molecule has 0 saturated carbocycles. The number of phenolic OH excluding ortho intramolecular Hbond substituents is 1. The molecule has 33 heavy (non-hydrogen) atoms. The number of rotatable bonds is 10. The minimum Gasteiger partial charge on any atom is -0.508 e. The lowest BCUT2D eigenvalue weighted by molar-refractivity contribution is -0.123. The van der Waals surface area contributed by atoms with Gasteiger partial charge in [0, 0.05) is 18.7 Å². The fourth-order valence-electron chi connectivity index (χ4n) is 3.79. The molecule has 1 unspecified atom stereocenters. The third-order valence-corrected chi connectivity index (χ3v) is 5.54. The van der Waals surface area contributed by atoms with Crippen LogP contribution in [0.5, 0.6) is 17.2 Å². The van der Waals surface area contributed by atoms with Crippen LogP contribution in [0.3, 0.4) is 0 Å². The number of ether oxygens (including phenoxy) is 2. The number of benzene rings is 3. The molecule has 0 bridgehead atoms.